The summed E-state index contributed by atoms with van der Waals surface area (Å²) in [6.07, 6.45) is 0. The molecule has 1 aliphatic rings. The highest BCUT2D eigenvalue weighted by Gasteiger charge is 2.27. The van der Waals surface area contributed by atoms with E-state index in [1.165, 1.54) is 13.2 Å². The van der Waals surface area contributed by atoms with Gasteiger partial charge in [-0.3, -0.25) is 4.79 Å². The van der Waals surface area contributed by atoms with E-state index in [0.29, 0.717) is 11.3 Å². The SMILES string of the molecule is COc1ccc(C(=O)N(C)C2CNC2)c(O)c1. The molecule has 2 N–H and O–H groups in total. The predicted molar refractivity (Wildman–Crippen MR) is 63.4 cm³/mol. The van der Waals surface area contributed by atoms with Crippen molar-refractivity contribution in [2.24, 2.45) is 0 Å². The Balaban J connectivity index is 2.18. The number of methoxy groups -OCH3 is 1. The maximum Gasteiger partial charge on any atom is 0.257 e. The summed E-state index contributed by atoms with van der Waals surface area (Å²) < 4.78 is 4.98. The van der Waals surface area contributed by atoms with Crippen molar-refractivity contribution < 1.29 is 14.6 Å². The predicted octanol–water partition coefficient (Wildman–Crippen LogP) is 0.445. The Morgan fingerprint density at radius 1 is 1.53 bits per heavy atom. The normalized spacial score (nSPS) is 15.2. The fraction of sp³-hybridized carbons (Fsp3) is 0.417. The van der Waals surface area contributed by atoms with Gasteiger partial charge in [0.25, 0.3) is 5.91 Å². The number of carbonyl (C=O) groups excluding carboxylic acids is 1. The monoisotopic (exact) mass is 236 g/mol. The number of carbonyl (C=O) groups is 1. The fourth-order valence-corrected chi connectivity index (χ4v) is 1.72. The number of phenolic OH excluding ortho intramolecular Hbond substituents is 1. The van der Waals surface area contributed by atoms with Crippen LogP contribution in [-0.4, -0.2) is 49.2 Å². The maximum absolute atomic E-state index is 12.1. The zero-order valence-electron chi connectivity index (χ0n) is 9.93. The quantitative estimate of drug-likeness (QED) is 0.799. The van der Waals surface area contributed by atoms with E-state index < -0.39 is 0 Å². The van der Waals surface area contributed by atoms with Crippen LogP contribution in [0.25, 0.3) is 0 Å². The first-order chi connectivity index (χ1) is 8.13. The van der Waals surface area contributed by atoms with Gasteiger partial charge in [0.05, 0.1) is 18.7 Å². The topological polar surface area (TPSA) is 61.8 Å². The van der Waals surface area contributed by atoms with E-state index in [1.54, 1.807) is 24.1 Å². The third-order valence-corrected chi connectivity index (χ3v) is 3.06. The zero-order chi connectivity index (χ0) is 12.4. The number of nitrogens with zero attached hydrogens (tertiary/aromatic N) is 1. The molecule has 1 aromatic carbocycles. The van der Waals surface area contributed by atoms with E-state index in [-0.39, 0.29) is 17.7 Å². The summed E-state index contributed by atoms with van der Waals surface area (Å²) in [4.78, 5) is 13.7. The number of hydrogen-bond acceptors (Lipinski definition) is 4. The van der Waals surface area contributed by atoms with Crippen molar-refractivity contribution in [1.82, 2.24) is 10.2 Å². The lowest BCUT2D eigenvalue weighted by atomic mass is 10.1. The smallest absolute Gasteiger partial charge is 0.257 e. The first kappa shape index (κ1) is 11.7. The molecule has 17 heavy (non-hydrogen) atoms. The lowest BCUT2D eigenvalue weighted by Gasteiger charge is -2.35. The lowest BCUT2D eigenvalue weighted by Crippen LogP contribution is -2.57. The molecule has 0 aromatic heterocycles. The Morgan fingerprint density at radius 3 is 2.71 bits per heavy atom. The van der Waals surface area contributed by atoms with Crippen LogP contribution >= 0.6 is 0 Å². The Morgan fingerprint density at radius 2 is 2.24 bits per heavy atom. The lowest BCUT2D eigenvalue weighted by molar-refractivity contribution is 0.0678. The van der Waals surface area contributed by atoms with E-state index in [2.05, 4.69) is 5.32 Å². The van der Waals surface area contributed by atoms with Gasteiger partial charge in [0, 0.05) is 26.2 Å². The standard InChI is InChI=1S/C12H16N2O3/c1-14(8-6-13-7-8)12(16)10-4-3-9(17-2)5-11(10)15/h3-5,8,13,15H,6-7H2,1-2H3. The highest BCUT2D eigenvalue weighted by molar-refractivity contribution is 5.97. The summed E-state index contributed by atoms with van der Waals surface area (Å²) in [5.74, 6) is 0.317. The van der Waals surface area contributed by atoms with Crippen molar-refractivity contribution in [3.63, 3.8) is 0 Å². The van der Waals surface area contributed by atoms with Crippen LogP contribution in [0.1, 0.15) is 10.4 Å². The van der Waals surface area contributed by atoms with Crippen molar-refractivity contribution >= 4 is 5.91 Å². The summed E-state index contributed by atoms with van der Waals surface area (Å²) in [5.41, 5.74) is 0.306. The van der Waals surface area contributed by atoms with Crippen molar-refractivity contribution in [3.8, 4) is 11.5 Å². The Labute approximate surface area is 100.0 Å². The number of aromatic hydroxyl groups is 1. The summed E-state index contributed by atoms with van der Waals surface area (Å²) in [6.45, 7) is 1.61. The Kier molecular flexibility index (Phi) is 3.19. The molecular weight excluding hydrogens is 220 g/mol. The molecule has 1 aromatic rings. The number of nitrogens with one attached hydrogen (secondary N) is 1. The molecule has 1 amide bonds. The second kappa shape index (κ2) is 4.63. The summed E-state index contributed by atoms with van der Waals surface area (Å²) >= 11 is 0. The summed E-state index contributed by atoms with van der Waals surface area (Å²) in [5, 5.41) is 12.9. The molecule has 0 aliphatic carbocycles. The minimum absolute atomic E-state index is 0.0477. The van der Waals surface area contributed by atoms with Crippen LogP contribution in [0.5, 0.6) is 11.5 Å². The van der Waals surface area contributed by atoms with Gasteiger partial charge in [0.2, 0.25) is 0 Å². The van der Waals surface area contributed by atoms with E-state index in [0.717, 1.165) is 13.1 Å². The van der Waals surface area contributed by atoms with Gasteiger partial charge in [-0.15, -0.1) is 0 Å². The minimum atomic E-state index is -0.170. The largest absolute Gasteiger partial charge is 0.507 e. The molecule has 1 saturated heterocycles. The molecule has 1 aliphatic heterocycles. The van der Waals surface area contributed by atoms with Crippen LogP contribution < -0.4 is 10.1 Å². The number of amides is 1. The van der Waals surface area contributed by atoms with Crippen molar-refractivity contribution in [2.45, 2.75) is 6.04 Å². The number of ether oxygens (including phenoxy) is 1. The van der Waals surface area contributed by atoms with E-state index in [4.69, 9.17) is 4.74 Å². The Hall–Kier alpha value is -1.75. The van der Waals surface area contributed by atoms with Gasteiger partial charge >= 0.3 is 0 Å². The Bertz CT molecular complexity index is 430. The molecule has 92 valence electrons. The van der Waals surface area contributed by atoms with Gasteiger partial charge in [0.1, 0.15) is 11.5 Å². The van der Waals surface area contributed by atoms with Crippen LogP contribution in [0.3, 0.4) is 0 Å². The first-order valence-corrected chi connectivity index (χ1v) is 5.48. The molecule has 0 saturated carbocycles. The average Bonchev–Trinajstić information content (AvgIpc) is 2.25. The average molecular weight is 236 g/mol. The van der Waals surface area contributed by atoms with Crippen molar-refractivity contribution in [1.29, 1.82) is 0 Å². The maximum atomic E-state index is 12.1. The molecular formula is C12H16N2O3. The number of rotatable bonds is 3. The first-order valence-electron chi connectivity index (χ1n) is 5.48. The molecule has 0 bridgehead atoms. The fourth-order valence-electron chi connectivity index (χ4n) is 1.72. The van der Waals surface area contributed by atoms with Crippen LogP contribution in [0, 0.1) is 0 Å². The second-order valence-electron chi connectivity index (χ2n) is 4.11. The van der Waals surface area contributed by atoms with Crippen molar-refractivity contribution in [2.75, 3.05) is 27.2 Å². The molecule has 1 fully saturated rings. The van der Waals surface area contributed by atoms with Gasteiger partial charge in [-0.05, 0) is 12.1 Å². The van der Waals surface area contributed by atoms with Crippen LogP contribution in [0.4, 0.5) is 0 Å². The zero-order valence-corrected chi connectivity index (χ0v) is 9.93. The van der Waals surface area contributed by atoms with E-state index in [9.17, 15) is 9.90 Å². The van der Waals surface area contributed by atoms with E-state index in [1.807, 2.05) is 0 Å². The molecule has 0 spiro atoms. The number of phenols is 1. The summed E-state index contributed by atoms with van der Waals surface area (Å²) in [6, 6.07) is 4.91. The van der Waals surface area contributed by atoms with Crippen LogP contribution in [0.15, 0.2) is 18.2 Å². The molecule has 0 unspecified atom stereocenters. The van der Waals surface area contributed by atoms with E-state index >= 15 is 0 Å². The highest BCUT2D eigenvalue weighted by atomic mass is 16.5. The van der Waals surface area contributed by atoms with Gasteiger partial charge in [0.15, 0.2) is 0 Å². The third-order valence-electron chi connectivity index (χ3n) is 3.06. The number of likely N-dealkylation sites (N-methyl/N-ethyl adjacent to an activating group) is 1. The van der Waals surface area contributed by atoms with Gasteiger partial charge in [-0.2, -0.15) is 0 Å². The minimum Gasteiger partial charge on any atom is -0.507 e. The third kappa shape index (κ3) is 2.19. The molecule has 1 heterocycles. The molecule has 0 radical (unpaired) electrons. The molecule has 5 heteroatoms. The number of hydrogen-bond donors (Lipinski definition) is 2. The molecule has 0 atom stereocenters. The number of benzene rings is 1. The molecule has 2 rings (SSSR count). The van der Waals surface area contributed by atoms with Crippen LogP contribution in [0.2, 0.25) is 0 Å². The highest BCUT2D eigenvalue weighted by Crippen LogP contribution is 2.25. The van der Waals surface area contributed by atoms with Crippen molar-refractivity contribution in [3.05, 3.63) is 23.8 Å². The second-order valence-corrected chi connectivity index (χ2v) is 4.11. The van der Waals surface area contributed by atoms with Gasteiger partial charge in [-0.25, -0.2) is 0 Å². The summed E-state index contributed by atoms with van der Waals surface area (Å²) in [7, 11) is 3.26. The van der Waals surface area contributed by atoms with Gasteiger partial charge in [-0.1, -0.05) is 0 Å². The molecule has 5 nitrogen and oxygen atoms in total. The van der Waals surface area contributed by atoms with Crippen LogP contribution in [-0.2, 0) is 0 Å². The van der Waals surface area contributed by atoms with Gasteiger partial charge < -0.3 is 20.1 Å².